The summed E-state index contributed by atoms with van der Waals surface area (Å²) >= 11 is 0. The van der Waals surface area contributed by atoms with Crippen LogP contribution in [0.1, 0.15) is 0 Å². The Labute approximate surface area is 316 Å². The van der Waals surface area contributed by atoms with Crippen LogP contribution in [0.25, 0.3) is 111 Å². The molecule has 256 valence electrons. The molecule has 0 radical (unpaired) electrons. The first-order chi connectivity index (χ1) is 27.3. The van der Waals surface area contributed by atoms with E-state index in [2.05, 4.69) is 131 Å². The molecule has 5 heterocycles. The second-order valence-electron chi connectivity index (χ2n) is 13.8. The topological polar surface area (TPSA) is 64.7 Å². The number of hydrogen-bond acceptors (Lipinski definition) is 5. The Morgan fingerprint density at radius 1 is 0.382 bits per heavy atom. The van der Waals surface area contributed by atoms with Crippen molar-refractivity contribution in [2.45, 2.75) is 0 Å². The van der Waals surface area contributed by atoms with Gasteiger partial charge in [-0.15, -0.1) is 0 Å². The predicted octanol–water partition coefficient (Wildman–Crippen LogP) is 13.0. The molecule has 6 aromatic carbocycles. The van der Waals surface area contributed by atoms with Crippen LogP contribution >= 0.6 is 0 Å². The molecule has 0 spiro atoms. The van der Waals surface area contributed by atoms with Crippen molar-refractivity contribution in [3.8, 4) is 56.3 Å². The summed E-state index contributed by atoms with van der Waals surface area (Å²) in [5.41, 5.74) is 12.0. The highest BCUT2D eigenvalue weighted by molar-refractivity contribution is 6.26. The molecule has 0 bridgehead atoms. The van der Waals surface area contributed by atoms with Gasteiger partial charge in [0.15, 0.2) is 5.58 Å². The van der Waals surface area contributed by atoms with E-state index in [1.807, 2.05) is 48.5 Å². The highest BCUT2D eigenvalue weighted by Crippen LogP contribution is 2.45. The number of furan rings is 1. The van der Waals surface area contributed by atoms with Gasteiger partial charge in [-0.3, -0.25) is 9.97 Å². The fourth-order valence-corrected chi connectivity index (χ4v) is 8.03. The summed E-state index contributed by atoms with van der Waals surface area (Å²) in [7, 11) is 0. The van der Waals surface area contributed by atoms with Crippen molar-refractivity contribution in [3.05, 3.63) is 182 Å². The fraction of sp³-hybridized carbons (Fsp3) is 0. The Kier molecular flexibility index (Phi) is 7.10. The van der Waals surface area contributed by atoms with Crippen molar-refractivity contribution < 1.29 is 4.42 Å². The molecular formula is C50H30N4O. The standard InChI is InChI=1S/C50H30N4O/c1-2-13-35-33(12-1)28-40(38-15-4-3-14-37(35)38)49-50-48(39-16-5-6-21-46(39)55-50)47-36(17-11-20-43(47)54-49)32-24-22-31(23-25-32)34-29-44(41-18-7-9-26-51-41)53-45(30-34)42-19-8-10-27-52-42/h1-30H. The van der Waals surface area contributed by atoms with E-state index in [-0.39, 0.29) is 0 Å². The molecule has 0 atom stereocenters. The van der Waals surface area contributed by atoms with Gasteiger partial charge in [-0.25, -0.2) is 9.97 Å². The third-order valence-electron chi connectivity index (χ3n) is 10.6. The summed E-state index contributed by atoms with van der Waals surface area (Å²) in [6, 6.07) is 58.9. The van der Waals surface area contributed by atoms with Crippen LogP contribution in [0, 0.1) is 0 Å². The van der Waals surface area contributed by atoms with Crippen LogP contribution in [0.3, 0.4) is 0 Å². The van der Waals surface area contributed by atoms with E-state index in [4.69, 9.17) is 14.4 Å². The normalized spacial score (nSPS) is 11.6. The molecule has 5 nitrogen and oxygen atoms in total. The molecule has 11 aromatic rings. The molecule has 0 saturated heterocycles. The third kappa shape index (κ3) is 5.17. The lowest BCUT2D eigenvalue weighted by Crippen LogP contribution is -1.94. The lowest BCUT2D eigenvalue weighted by atomic mass is 9.92. The summed E-state index contributed by atoms with van der Waals surface area (Å²) in [5.74, 6) is 0. The van der Waals surface area contributed by atoms with Crippen LogP contribution in [-0.4, -0.2) is 19.9 Å². The molecule has 0 saturated carbocycles. The smallest absolute Gasteiger partial charge is 0.162 e. The summed E-state index contributed by atoms with van der Waals surface area (Å²) in [4.78, 5) is 19.6. The predicted molar refractivity (Wildman–Crippen MR) is 225 cm³/mol. The average Bonchev–Trinajstić information content (AvgIpc) is 3.66. The number of hydrogen-bond donors (Lipinski definition) is 0. The van der Waals surface area contributed by atoms with Crippen LogP contribution in [-0.2, 0) is 0 Å². The fourth-order valence-electron chi connectivity index (χ4n) is 8.03. The lowest BCUT2D eigenvalue weighted by molar-refractivity contribution is 0.669. The Bertz CT molecular complexity index is 3190. The van der Waals surface area contributed by atoms with Crippen molar-refractivity contribution in [2.75, 3.05) is 0 Å². The average molecular weight is 703 g/mol. The minimum atomic E-state index is 0.791. The zero-order chi connectivity index (χ0) is 36.3. The summed E-state index contributed by atoms with van der Waals surface area (Å²) in [5, 5.41) is 7.96. The minimum Gasteiger partial charge on any atom is -0.454 e. The Morgan fingerprint density at radius 3 is 1.75 bits per heavy atom. The Balaban J connectivity index is 1.10. The molecule has 0 aliphatic carbocycles. The first-order valence-corrected chi connectivity index (χ1v) is 18.4. The highest BCUT2D eigenvalue weighted by atomic mass is 16.3. The molecule has 0 N–H and O–H groups in total. The van der Waals surface area contributed by atoms with Crippen molar-refractivity contribution in [2.24, 2.45) is 0 Å². The van der Waals surface area contributed by atoms with Crippen LogP contribution in [0.4, 0.5) is 0 Å². The number of para-hydroxylation sites is 1. The second-order valence-corrected chi connectivity index (χ2v) is 13.8. The van der Waals surface area contributed by atoms with E-state index in [0.29, 0.717) is 0 Å². The maximum Gasteiger partial charge on any atom is 0.162 e. The van der Waals surface area contributed by atoms with Gasteiger partial charge in [0, 0.05) is 34.1 Å². The van der Waals surface area contributed by atoms with Gasteiger partial charge in [-0.2, -0.15) is 0 Å². The molecule has 0 unspecified atom stereocenters. The largest absolute Gasteiger partial charge is 0.454 e. The molecule has 5 aromatic heterocycles. The molecular weight excluding hydrogens is 673 g/mol. The van der Waals surface area contributed by atoms with Crippen LogP contribution < -0.4 is 0 Å². The number of nitrogens with zero attached hydrogens (tertiary/aromatic N) is 4. The molecule has 11 rings (SSSR count). The van der Waals surface area contributed by atoms with Gasteiger partial charge in [0.05, 0.1) is 28.3 Å². The van der Waals surface area contributed by atoms with Gasteiger partial charge in [-0.05, 0) is 98.4 Å². The van der Waals surface area contributed by atoms with Crippen molar-refractivity contribution in [3.63, 3.8) is 0 Å². The molecule has 0 fully saturated rings. The summed E-state index contributed by atoms with van der Waals surface area (Å²) in [6.45, 7) is 0. The lowest BCUT2D eigenvalue weighted by Gasteiger charge is -2.14. The van der Waals surface area contributed by atoms with Crippen molar-refractivity contribution in [1.29, 1.82) is 0 Å². The van der Waals surface area contributed by atoms with E-state index in [1.165, 1.54) is 16.2 Å². The number of pyridine rings is 4. The highest BCUT2D eigenvalue weighted by Gasteiger charge is 2.22. The van der Waals surface area contributed by atoms with Gasteiger partial charge in [0.1, 0.15) is 11.3 Å². The van der Waals surface area contributed by atoms with Gasteiger partial charge in [0.25, 0.3) is 0 Å². The zero-order valence-corrected chi connectivity index (χ0v) is 29.5. The first kappa shape index (κ1) is 31.1. The van der Waals surface area contributed by atoms with Gasteiger partial charge in [-0.1, -0.05) is 115 Å². The van der Waals surface area contributed by atoms with E-state index in [1.54, 1.807) is 12.4 Å². The van der Waals surface area contributed by atoms with Gasteiger partial charge >= 0.3 is 0 Å². The quantitative estimate of drug-likeness (QED) is 0.167. The monoisotopic (exact) mass is 702 g/mol. The van der Waals surface area contributed by atoms with Crippen LogP contribution in [0.15, 0.2) is 187 Å². The molecule has 0 amide bonds. The molecule has 55 heavy (non-hydrogen) atoms. The number of fused-ring (bicyclic) bond motifs is 8. The SMILES string of the molecule is c1ccc(-c2cc(-c3ccc(-c4cccc5nc(-c6cc7ccccc7c7ccccc67)c6oc7ccccc7c6c45)cc3)cc(-c3ccccn3)n2)nc1. The minimum absolute atomic E-state index is 0.791. The molecule has 5 heteroatoms. The van der Waals surface area contributed by atoms with E-state index in [0.717, 1.165) is 94.5 Å². The molecule has 0 aliphatic heterocycles. The van der Waals surface area contributed by atoms with Gasteiger partial charge < -0.3 is 4.42 Å². The van der Waals surface area contributed by atoms with Gasteiger partial charge in [0.2, 0.25) is 0 Å². The van der Waals surface area contributed by atoms with E-state index >= 15 is 0 Å². The second kappa shape index (κ2) is 12.6. The van der Waals surface area contributed by atoms with Crippen molar-refractivity contribution in [1.82, 2.24) is 19.9 Å². The zero-order valence-electron chi connectivity index (χ0n) is 29.5. The number of rotatable bonds is 5. The Hall–Kier alpha value is -7.50. The van der Waals surface area contributed by atoms with Crippen molar-refractivity contribution >= 4 is 54.4 Å². The maximum atomic E-state index is 6.79. The Morgan fingerprint density at radius 2 is 1.02 bits per heavy atom. The summed E-state index contributed by atoms with van der Waals surface area (Å²) < 4.78 is 6.79. The first-order valence-electron chi connectivity index (χ1n) is 18.4. The van der Waals surface area contributed by atoms with Crippen LogP contribution in [0.2, 0.25) is 0 Å². The van der Waals surface area contributed by atoms with Crippen LogP contribution in [0.5, 0.6) is 0 Å². The summed E-state index contributed by atoms with van der Waals surface area (Å²) in [6.07, 6.45) is 3.59. The maximum absolute atomic E-state index is 6.79. The third-order valence-corrected chi connectivity index (χ3v) is 10.6. The number of benzene rings is 6. The van der Waals surface area contributed by atoms with E-state index < -0.39 is 0 Å². The van der Waals surface area contributed by atoms with E-state index in [9.17, 15) is 0 Å². The number of aromatic nitrogens is 4. The molecule has 0 aliphatic rings.